The molecule has 0 aliphatic heterocycles. The van der Waals surface area contributed by atoms with Gasteiger partial charge in [0.2, 0.25) is 5.91 Å². The number of nitrogens with two attached hydrogens (primary N) is 1. The highest BCUT2D eigenvalue weighted by atomic mass is 16.5. The first-order chi connectivity index (χ1) is 10.0. The highest BCUT2D eigenvalue weighted by Crippen LogP contribution is 2.18. The Morgan fingerprint density at radius 2 is 1.67 bits per heavy atom. The number of ether oxygens (including phenoxy) is 1. The fourth-order valence-electron chi connectivity index (χ4n) is 1.89. The molecule has 0 aromatic heterocycles. The molecule has 3 N–H and O–H groups in total. The normalized spacial score (nSPS) is 10.0. The molecule has 0 aliphatic carbocycles. The predicted octanol–water partition coefficient (Wildman–Crippen LogP) is 2.35. The van der Waals surface area contributed by atoms with Crippen LogP contribution >= 0.6 is 0 Å². The Balaban J connectivity index is 2.17. The fraction of sp³-hybridized carbons (Fsp3) is 0.125. The van der Waals surface area contributed by atoms with Crippen LogP contribution in [0.15, 0.2) is 42.5 Å². The number of aryl methyl sites for hydroxylation is 1. The van der Waals surface area contributed by atoms with Gasteiger partial charge < -0.3 is 15.8 Å². The first kappa shape index (κ1) is 14.6. The Labute approximate surface area is 122 Å². The molecule has 0 radical (unpaired) electrons. The summed E-state index contributed by atoms with van der Waals surface area (Å²) in [5.74, 6) is -0.0350. The van der Waals surface area contributed by atoms with Crippen LogP contribution in [0.5, 0.6) is 5.75 Å². The standard InChI is InChI=1S/C16H16N2O3/c1-10-9-12(15(17)19)5-8-14(10)18-16(20)11-3-6-13(21-2)7-4-11/h3-9H,1-2H3,(H2,17,19)(H,18,20). The third-order valence-electron chi connectivity index (χ3n) is 3.11. The molecule has 0 saturated carbocycles. The van der Waals surface area contributed by atoms with E-state index in [4.69, 9.17) is 10.5 Å². The molecule has 21 heavy (non-hydrogen) atoms. The minimum Gasteiger partial charge on any atom is -0.497 e. The molecule has 2 amide bonds. The Morgan fingerprint density at radius 1 is 1.05 bits per heavy atom. The van der Waals surface area contributed by atoms with Gasteiger partial charge in [0.1, 0.15) is 5.75 Å². The van der Waals surface area contributed by atoms with Gasteiger partial charge in [-0.25, -0.2) is 0 Å². The summed E-state index contributed by atoms with van der Waals surface area (Å²) < 4.78 is 5.05. The number of rotatable bonds is 4. The second kappa shape index (κ2) is 6.09. The van der Waals surface area contributed by atoms with Crippen LogP contribution < -0.4 is 15.8 Å². The number of nitrogens with one attached hydrogen (secondary N) is 1. The van der Waals surface area contributed by atoms with Crippen molar-refractivity contribution < 1.29 is 14.3 Å². The van der Waals surface area contributed by atoms with Gasteiger partial charge in [0.25, 0.3) is 5.91 Å². The van der Waals surface area contributed by atoms with Crippen molar-refractivity contribution in [3.63, 3.8) is 0 Å². The van der Waals surface area contributed by atoms with Crippen LogP contribution in [0.3, 0.4) is 0 Å². The van der Waals surface area contributed by atoms with Gasteiger partial charge in [-0.2, -0.15) is 0 Å². The zero-order chi connectivity index (χ0) is 15.4. The van der Waals surface area contributed by atoms with Crippen LogP contribution in [0.4, 0.5) is 5.69 Å². The summed E-state index contributed by atoms with van der Waals surface area (Å²) in [4.78, 5) is 23.2. The molecule has 0 bridgehead atoms. The average molecular weight is 284 g/mol. The lowest BCUT2D eigenvalue weighted by atomic mass is 10.1. The highest BCUT2D eigenvalue weighted by molar-refractivity contribution is 6.05. The number of methoxy groups -OCH3 is 1. The van der Waals surface area contributed by atoms with Crippen molar-refractivity contribution in [3.05, 3.63) is 59.2 Å². The first-order valence-electron chi connectivity index (χ1n) is 6.37. The van der Waals surface area contributed by atoms with Gasteiger partial charge in [0, 0.05) is 16.8 Å². The largest absolute Gasteiger partial charge is 0.497 e. The molecule has 0 heterocycles. The van der Waals surface area contributed by atoms with Gasteiger partial charge in [-0.1, -0.05) is 0 Å². The highest BCUT2D eigenvalue weighted by Gasteiger charge is 2.09. The Bertz CT molecular complexity index is 678. The van der Waals surface area contributed by atoms with E-state index in [9.17, 15) is 9.59 Å². The van der Waals surface area contributed by atoms with Gasteiger partial charge >= 0.3 is 0 Å². The summed E-state index contributed by atoms with van der Waals surface area (Å²) >= 11 is 0. The van der Waals surface area contributed by atoms with Gasteiger partial charge in [-0.05, 0) is 55.0 Å². The van der Waals surface area contributed by atoms with Crippen LogP contribution in [-0.2, 0) is 0 Å². The Morgan fingerprint density at radius 3 is 2.19 bits per heavy atom. The van der Waals surface area contributed by atoms with Crippen LogP contribution in [0.1, 0.15) is 26.3 Å². The first-order valence-corrected chi connectivity index (χ1v) is 6.37. The fourth-order valence-corrected chi connectivity index (χ4v) is 1.89. The number of carbonyl (C=O) groups excluding carboxylic acids is 2. The minimum atomic E-state index is -0.494. The van der Waals surface area contributed by atoms with E-state index in [2.05, 4.69) is 5.32 Å². The van der Waals surface area contributed by atoms with E-state index in [0.29, 0.717) is 22.6 Å². The van der Waals surface area contributed by atoms with Crippen molar-refractivity contribution in [3.8, 4) is 5.75 Å². The lowest BCUT2D eigenvalue weighted by molar-refractivity contribution is 0.0998. The quantitative estimate of drug-likeness (QED) is 0.904. The molecule has 5 heteroatoms. The van der Waals surface area contributed by atoms with Crippen LogP contribution in [0.25, 0.3) is 0 Å². The number of primary amides is 1. The van der Waals surface area contributed by atoms with E-state index in [0.717, 1.165) is 5.56 Å². The lowest BCUT2D eigenvalue weighted by Crippen LogP contribution is -2.14. The molecule has 2 aromatic carbocycles. The van der Waals surface area contributed by atoms with E-state index in [1.54, 1.807) is 56.5 Å². The van der Waals surface area contributed by atoms with Crippen molar-refractivity contribution in [2.75, 3.05) is 12.4 Å². The summed E-state index contributed by atoms with van der Waals surface area (Å²) in [7, 11) is 1.57. The summed E-state index contributed by atoms with van der Waals surface area (Å²) in [6, 6.07) is 11.7. The summed E-state index contributed by atoms with van der Waals surface area (Å²) in [6.07, 6.45) is 0. The van der Waals surface area contributed by atoms with Crippen molar-refractivity contribution in [1.29, 1.82) is 0 Å². The maximum atomic E-state index is 12.1. The van der Waals surface area contributed by atoms with Gasteiger partial charge in [-0.15, -0.1) is 0 Å². The zero-order valence-electron chi connectivity index (χ0n) is 11.8. The number of hydrogen-bond donors (Lipinski definition) is 2. The van der Waals surface area contributed by atoms with Crippen LogP contribution in [0.2, 0.25) is 0 Å². The molecule has 0 aliphatic rings. The topological polar surface area (TPSA) is 81.4 Å². The van der Waals surface area contributed by atoms with Gasteiger partial charge in [0.15, 0.2) is 0 Å². The molecule has 0 unspecified atom stereocenters. The number of benzene rings is 2. The predicted molar refractivity (Wildman–Crippen MR) is 80.6 cm³/mol. The summed E-state index contributed by atoms with van der Waals surface area (Å²) in [5.41, 5.74) is 7.56. The molecule has 0 spiro atoms. The molecule has 0 fully saturated rings. The lowest BCUT2D eigenvalue weighted by Gasteiger charge is -2.09. The molecule has 2 aromatic rings. The Kier molecular flexibility index (Phi) is 4.23. The third kappa shape index (κ3) is 3.39. The number of hydrogen-bond acceptors (Lipinski definition) is 3. The molecule has 2 rings (SSSR count). The number of carbonyl (C=O) groups is 2. The molecule has 0 atom stereocenters. The smallest absolute Gasteiger partial charge is 0.255 e. The van der Waals surface area contributed by atoms with E-state index < -0.39 is 5.91 Å². The SMILES string of the molecule is COc1ccc(C(=O)Nc2ccc(C(N)=O)cc2C)cc1. The molecular weight excluding hydrogens is 268 g/mol. The van der Waals surface area contributed by atoms with Crippen molar-refractivity contribution in [2.45, 2.75) is 6.92 Å². The Hall–Kier alpha value is -2.82. The van der Waals surface area contributed by atoms with E-state index in [-0.39, 0.29) is 5.91 Å². The average Bonchev–Trinajstić information content (AvgIpc) is 2.49. The zero-order valence-corrected chi connectivity index (χ0v) is 11.8. The number of amides is 2. The van der Waals surface area contributed by atoms with Crippen LogP contribution in [-0.4, -0.2) is 18.9 Å². The van der Waals surface area contributed by atoms with E-state index in [1.165, 1.54) is 0 Å². The van der Waals surface area contributed by atoms with Crippen LogP contribution in [0, 0.1) is 6.92 Å². The maximum Gasteiger partial charge on any atom is 0.255 e. The summed E-state index contributed by atoms with van der Waals surface area (Å²) in [5, 5.41) is 2.80. The second-order valence-corrected chi connectivity index (χ2v) is 4.58. The molecule has 5 nitrogen and oxygen atoms in total. The van der Waals surface area contributed by atoms with Crippen molar-refractivity contribution in [2.24, 2.45) is 5.73 Å². The van der Waals surface area contributed by atoms with Gasteiger partial charge in [0.05, 0.1) is 7.11 Å². The molecule has 0 saturated heterocycles. The van der Waals surface area contributed by atoms with E-state index in [1.807, 2.05) is 0 Å². The van der Waals surface area contributed by atoms with Crippen molar-refractivity contribution in [1.82, 2.24) is 0 Å². The molecule has 108 valence electrons. The maximum absolute atomic E-state index is 12.1. The summed E-state index contributed by atoms with van der Waals surface area (Å²) in [6.45, 7) is 1.80. The monoisotopic (exact) mass is 284 g/mol. The second-order valence-electron chi connectivity index (χ2n) is 4.58. The third-order valence-corrected chi connectivity index (χ3v) is 3.11. The number of anilines is 1. The minimum absolute atomic E-state index is 0.229. The van der Waals surface area contributed by atoms with Crippen molar-refractivity contribution >= 4 is 17.5 Å². The molecular formula is C16H16N2O3. The van der Waals surface area contributed by atoms with E-state index >= 15 is 0 Å². The van der Waals surface area contributed by atoms with Gasteiger partial charge in [-0.3, -0.25) is 9.59 Å².